The number of unbranched alkanes of at least 4 members (excludes halogenated alkanes) is 1. The Kier molecular flexibility index (Phi) is 6.70. The molecule has 0 spiro atoms. The Morgan fingerprint density at radius 2 is 1.90 bits per heavy atom. The molecule has 0 bridgehead atoms. The molecule has 0 fully saturated rings. The fraction of sp³-hybridized carbons (Fsp3) is 0.323. The van der Waals surface area contributed by atoms with E-state index < -0.39 is 21.4 Å². The van der Waals surface area contributed by atoms with Crippen molar-refractivity contribution in [1.82, 2.24) is 9.97 Å². The quantitative estimate of drug-likeness (QED) is 0.242. The number of aromatic nitrogens is 2. The molecule has 2 N–H and O–H groups in total. The fourth-order valence-electron chi connectivity index (χ4n) is 6.26. The largest absolute Gasteiger partial charge is 0.437 e. The maximum Gasteiger partial charge on any atom is 0.351 e. The van der Waals surface area contributed by atoms with Gasteiger partial charge in [0.05, 0.1) is 5.75 Å². The lowest BCUT2D eigenvalue weighted by Crippen LogP contribution is -2.27. The normalized spacial score (nSPS) is 18.4. The maximum absolute atomic E-state index is 12.3. The average Bonchev–Trinajstić information content (AvgIpc) is 3.14. The summed E-state index contributed by atoms with van der Waals surface area (Å²) >= 11 is 0. The third-order valence-corrected chi connectivity index (χ3v) is 8.93. The highest BCUT2D eigenvalue weighted by Gasteiger charge is 2.41. The summed E-state index contributed by atoms with van der Waals surface area (Å²) < 4.78 is 37.9. The van der Waals surface area contributed by atoms with Gasteiger partial charge in [-0.15, -0.1) is 0 Å². The van der Waals surface area contributed by atoms with Crippen LogP contribution in [0.15, 0.2) is 74.3 Å². The van der Waals surface area contributed by atoms with Gasteiger partial charge in [0.25, 0.3) is 15.7 Å². The first-order chi connectivity index (χ1) is 19.5. The lowest BCUT2D eigenvalue weighted by molar-refractivity contribution is 0.480. The average molecular weight is 574 g/mol. The van der Waals surface area contributed by atoms with Crippen molar-refractivity contribution in [3.63, 3.8) is 0 Å². The van der Waals surface area contributed by atoms with Gasteiger partial charge in [0.1, 0.15) is 11.3 Å². The summed E-state index contributed by atoms with van der Waals surface area (Å²) in [7, 11) is -4.02. The van der Waals surface area contributed by atoms with E-state index in [1.54, 1.807) is 6.07 Å². The molecule has 1 aliphatic carbocycles. The van der Waals surface area contributed by atoms with Gasteiger partial charge in [0.2, 0.25) is 5.89 Å². The Morgan fingerprint density at radius 3 is 2.71 bits per heavy atom. The molecule has 3 aliphatic heterocycles. The molecular weight excluding hydrogens is 542 g/mol. The number of hydrogen-bond acceptors (Lipinski definition) is 7. The van der Waals surface area contributed by atoms with Crippen LogP contribution in [0.25, 0.3) is 27.8 Å². The molecule has 0 aromatic heterocycles. The zero-order valence-electron chi connectivity index (χ0n) is 22.9. The van der Waals surface area contributed by atoms with E-state index in [0.717, 1.165) is 47.2 Å². The van der Waals surface area contributed by atoms with Crippen LogP contribution in [0.5, 0.6) is 0 Å². The van der Waals surface area contributed by atoms with Crippen molar-refractivity contribution in [3.8, 4) is 11.5 Å². The van der Waals surface area contributed by atoms with Crippen LogP contribution in [0, 0.1) is 0 Å². The number of H-pyrrole nitrogens is 1. The number of rotatable bonds is 6. The van der Waals surface area contributed by atoms with E-state index in [0.29, 0.717) is 25.1 Å². The first kappa shape index (κ1) is 27.2. The molecule has 10 heteroatoms. The summed E-state index contributed by atoms with van der Waals surface area (Å²) in [4.78, 5) is 32.4. The van der Waals surface area contributed by atoms with Crippen LogP contribution in [0.3, 0.4) is 0 Å². The number of aromatic amines is 1. The number of hydrogen-bond donors (Lipinski definition) is 2. The SMILES string of the molecule is CC1(C)/C(=C/C=C2\CCCc3cc4c(=O)[nH]c(=O)nc-4oc32)N(CCCCS(=O)(=O)O)c2ccc3ccccc3c21. The molecule has 212 valence electrons. The number of nitrogens with one attached hydrogen (secondary N) is 1. The molecule has 6 rings (SSSR count). The topological polar surface area (TPSA) is 134 Å². The molecule has 41 heavy (non-hydrogen) atoms. The Balaban J connectivity index is 1.45. The van der Waals surface area contributed by atoms with Crippen LogP contribution < -0.4 is 16.1 Å². The van der Waals surface area contributed by atoms with Gasteiger partial charge in [-0.25, -0.2) is 4.79 Å². The van der Waals surface area contributed by atoms with E-state index in [9.17, 15) is 22.6 Å². The van der Waals surface area contributed by atoms with E-state index >= 15 is 0 Å². The van der Waals surface area contributed by atoms with Gasteiger partial charge in [-0.05, 0) is 77.8 Å². The zero-order chi connectivity index (χ0) is 28.9. The van der Waals surface area contributed by atoms with Crippen molar-refractivity contribution >= 4 is 32.2 Å². The standard InChI is InChI=1S/C31H31N3O6S/c1-31(2)25(15-13-20-9-7-10-21-18-23-28(35)32-30(36)33-29(23)40-27(20)21)34(16-5-6-17-41(37,38)39)24-14-12-19-8-3-4-11-22(19)26(24)31/h3-4,8,11-15,18H,5-7,9-10,16-17H2,1-2H3,(H,32,35,36)(H,37,38,39)/b20-13+,25-15-. The summed E-state index contributed by atoms with van der Waals surface area (Å²) in [5.41, 5.74) is 3.87. The van der Waals surface area contributed by atoms with Crippen molar-refractivity contribution < 1.29 is 17.4 Å². The van der Waals surface area contributed by atoms with Gasteiger partial charge in [-0.2, -0.15) is 13.4 Å². The minimum Gasteiger partial charge on any atom is -0.437 e. The molecule has 0 radical (unpaired) electrons. The van der Waals surface area contributed by atoms with E-state index in [1.165, 1.54) is 10.9 Å². The summed E-state index contributed by atoms with van der Waals surface area (Å²) in [5, 5.41) is 2.32. The minimum atomic E-state index is -4.02. The number of anilines is 1. The monoisotopic (exact) mass is 573 g/mol. The van der Waals surface area contributed by atoms with Crippen molar-refractivity contribution in [2.24, 2.45) is 0 Å². The zero-order valence-corrected chi connectivity index (χ0v) is 23.8. The molecule has 0 amide bonds. The molecular formula is C31H31N3O6S. The van der Waals surface area contributed by atoms with Gasteiger partial charge in [-0.3, -0.25) is 14.3 Å². The first-order valence-corrected chi connectivity index (χ1v) is 15.4. The Hall–Kier alpha value is -4.02. The second-order valence-corrected chi connectivity index (χ2v) is 12.8. The summed E-state index contributed by atoms with van der Waals surface area (Å²) in [6, 6.07) is 14.3. The highest BCUT2D eigenvalue weighted by Crippen LogP contribution is 2.51. The van der Waals surface area contributed by atoms with Crippen LogP contribution in [-0.4, -0.2) is 35.2 Å². The number of nitrogens with zero attached hydrogens (tertiary/aromatic N) is 2. The second-order valence-electron chi connectivity index (χ2n) is 11.2. The Morgan fingerprint density at radius 1 is 1.10 bits per heavy atom. The molecule has 2 aromatic rings. The predicted octanol–water partition coefficient (Wildman–Crippen LogP) is 5.05. The van der Waals surface area contributed by atoms with Crippen LogP contribution in [0.1, 0.15) is 56.4 Å². The van der Waals surface area contributed by atoms with Gasteiger partial charge in [0.15, 0.2) is 0 Å². The predicted molar refractivity (Wildman–Crippen MR) is 159 cm³/mol. The highest BCUT2D eigenvalue weighted by atomic mass is 32.2. The van der Waals surface area contributed by atoms with Gasteiger partial charge >= 0.3 is 5.69 Å². The van der Waals surface area contributed by atoms with Crippen molar-refractivity contribution in [1.29, 1.82) is 0 Å². The van der Waals surface area contributed by atoms with Crippen LogP contribution in [0.2, 0.25) is 0 Å². The van der Waals surface area contributed by atoms with Crippen LogP contribution in [-0.2, 0) is 22.0 Å². The van der Waals surface area contributed by atoms with Crippen molar-refractivity contribution in [2.45, 2.75) is 51.4 Å². The number of aryl methyl sites for hydroxylation is 1. The molecule has 0 unspecified atom stereocenters. The molecule has 9 nitrogen and oxygen atoms in total. The van der Waals surface area contributed by atoms with E-state index in [4.69, 9.17) is 4.42 Å². The summed E-state index contributed by atoms with van der Waals surface area (Å²) in [6.45, 7) is 4.98. The lowest BCUT2D eigenvalue weighted by Gasteiger charge is -2.27. The molecule has 4 aliphatic rings. The highest BCUT2D eigenvalue weighted by molar-refractivity contribution is 7.85. The second kappa shape index (κ2) is 10.1. The molecule has 0 saturated carbocycles. The van der Waals surface area contributed by atoms with Crippen LogP contribution >= 0.6 is 0 Å². The Bertz CT molecular complexity index is 1930. The fourth-order valence-corrected chi connectivity index (χ4v) is 6.83. The van der Waals surface area contributed by atoms with E-state index in [-0.39, 0.29) is 22.6 Å². The molecule has 0 atom stereocenters. The third kappa shape index (κ3) is 5.02. The van der Waals surface area contributed by atoms with Gasteiger partial charge < -0.3 is 9.32 Å². The number of allylic oxidation sites excluding steroid dienone is 4. The van der Waals surface area contributed by atoms with Crippen molar-refractivity contribution in [2.75, 3.05) is 17.2 Å². The first-order valence-electron chi connectivity index (χ1n) is 13.8. The van der Waals surface area contributed by atoms with E-state index in [2.05, 4.69) is 65.1 Å². The van der Waals surface area contributed by atoms with Crippen molar-refractivity contribution in [3.05, 3.63) is 98.0 Å². The van der Waals surface area contributed by atoms with Gasteiger partial charge in [-0.1, -0.05) is 50.3 Å². The maximum atomic E-state index is 12.3. The molecule has 0 saturated heterocycles. The smallest absolute Gasteiger partial charge is 0.351 e. The number of benzene rings is 2. The lowest BCUT2D eigenvalue weighted by atomic mass is 9.81. The number of fused-ring (bicyclic) bond motifs is 5. The van der Waals surface area contributed by atoms with E-state index in [1.807, 2.05) is 12.1 Å². The Labute approximate surface area is 237 Å². The third-order valence-electron chi connectivity index (χ3n) is 8.12. The summed E-state index contributed by atoms with van der Waals surface area (Å²) in [5.74, 6) is 0.390. The molecule has 2 aromatic carbocycles. The van der Waals surface area contributed by atoms with Crippen LogP contribution in [0.4, 0.5) is 5.69 Å². The van der Waals surface area contributed by atoms with Gasteiger partial charge in [0, 0.05) is 23.3 Å². The molecule has 3 heterocycles. The summed E-state index contributed by atoms with van der Waals surface area (Å²) in [6.07, 6.45) is 7.49. The minimum absolute atomic E-state index is 0.0264.